The minimum absolute atomic E-state index is 0.213. The lowest BCUT2D eigenvalue weighted by Gasteiger charge is -2.21. The minimum atomic E-state index is -0.317. The topological polar surface area (TPSA) is 64.0 Å². The van der Waals surface area contributed by atoms with Gasteiger partial charge in [-0.15, -0.1) is 23.5 Å². The zero-order valence-corrected chi connectivity index (χ0v) is 16.5. The average Bonchev–Trinajstić information content (AvgIpc) is 2.71. The molecule has 0 unspecified atom stereocenters. The van der Waals surface area contributed by atoms with E-state index in [1.165, 1.54) is 28.2 Å². The van der Waals surface area contributed by atoms with Crippen molar-refractivity contribution >= 4 is 45.9 Å². The molecule has 0 bridgehead atoms. The lowest BCUT2D eigenvalue weighted by Crippen LogP contribution is -2.25. The molecule has 3 aromatic rings. The molecule has 0 radical (unpaired) electrons. The number of hydrogen-bond donors (Lipinski definition) is 1. The Morgan fingerprint density at radius 1 is 1.11 bits per heavy atom. The maximum absolute atomic E-state index is 12.9. The van der Waals surface area contributed by atoms with Crippen LogP contribution < -0.4 is 10.9 Å². The fourth-order valence-electron chi connectivity index (χ4n) is 3.10. The molecule has 1 amide bonds. The normalized spacial score (nSPS) is 15.0. The van der Waals surface area contributed by atoms with Crippen LogP contribution in [-0.2, 0) is 7.05 Å². The quantitative estimate of drug-likeness (QED) is 0.722. The lowest BCUT2D eigenvalue weighted by atomic mass is 10.1. The van der Waals surface area contributed by atoms with Gasteiger partial charge in [0.1, 0.15) is 0 Å². The molecule has 2 aromatic carbocycles. The fourth-order valence-corrected chi connectivity index (χ4v) is 5.97. The lowest BCUT2D eigenvalue weighted by molar-refractivity contribution is 0.102. The number of amides is 1. The van der Waals surface area contributed by atoms with Crippen molar-refractivity contribution in [1.29, 1.82) is 0 Å². The number of nitrogens with one attached hydrogen (secondary N) is 1. The molecule has 7 heteroatoms. The van der Waals surface area contributed by atoms with Crippen LogP contribution in [0.25, 0.3) is 10.8 Å². The molecule has 0 atom stereocenters. The molecule has 0 aliphatic carbocycles. The summed E-state index contributed by atoms with van der Waals surface area (Å²) < 4.78 is 1.62. The van der Waals surface area contributed by atoms with E-state index in [1.807, 2.05) is 41.7 Å². The third-order valence-corrected chi connectivity index (χ3v) is 7.43. The molecule has 5 nitrogen and oxygen atoms in total. The molecular weight excluding hydrogens is 378 g/mol. The maximum Gasteiger partial charge on any atom is 0.276 e. The number of rotatable bonds is 3. The van der Waals surface area contributed by atoms with Gasteiger partial charge < -0.3 is 5.32 Å². The molecule has 1 aromatic heterocycles. The van der Waals surface area contributed by atoms with Crippen LogP contribution in [0.1, 0.15) is 27.1 Å². The molecular formula is C20H19N3O2S2. The van der Waals surface area contributed by atoms with Crippen molar-refractivity contribution in [1.82, 2.24) is 9.78 Å². The van der Waals surface area contributed by atoms with Crippen molar-refractivity contribution < 1.29 is 4.79 Å². The summed E-state index contributed by atoms with van der Waals surface area (Å²) in [7, 11) is 1.56. The highest BCUT2D eigenvalue weighted by Gasteiger charge is 2.19. The molecule has 1 N–H and O–H groups in total. The highest BCUT2D eigenvalue weighted by atomic mass is 32.2. The summed E-state index contributed by atoms with van der Waals surface area (Å²) in [5, 5.41) is 8.19. The van der Waals surface area contributed by atoms with E-state index in [0.29, 0.717) is 15.4 Å². The van der Waals surface area contributed by atoms with Crippen LogP contribution >= 0.6 is 23.5 Å². The smallest absolute Gasteiger partial charge is 0.276 e. The number of thioether (sulfide) groups is 2. The van der Waals surface area contributed by atoms with E-state index in [-0.39, 0.29) is 17.2 Å². The second-order valence-corrected chi connectivity index (χ2v) is 9.05. The largest absolute Gasteiger partial charge is 0.321 e. The van der Waals surface area contributed by atoms with Gasteiger partial charge in [-0.1, -0.05) is 30.3 Å². The maximum atomic E-state index is 12.9. The van der Waals surface area contributed by atoms with E-state index >= 15 is 0 Å². The molecule has 138 valence electrons. The van der Waals surface area contributed by atoms with Crippen molar-refractivity contribution in [3.05, 3.63) is 70.1 Å². The van der Waals surface area contributed by atoms with Gasteiger partial charge in [0.15, 0.2) is 5.69 Å². The second kappa shape index (κ2) is 7.78. The highest BCUT2D eigenvalue weighted by molar-refractivity contribution is 8.16. The predicted molar refractivity (Wildman–Crippen MR) is 114 cm³/mol. The van der Waals surface area contributed by atoms with E-state index in [0.717, 1.165) is 5.69 Å². The summed E-state index contributed by atoms with van der Waals surface area (Å²) in [6.45, 7) is 0. The standard InChI is InChI=1S/C20H19N3O2S2/c1-23-19(25)16-9-3-2-8-15(16)17(22-23)18(24)21-14-7-4-6-13(12-14)20-26-10-5-11-27-20/h2-4,6-9,12,20H,5,10-11H2,1H3,(H,21,24). The van der Waals surface area contributed by atoms with Gasteiger partial charge in [0.25, 0.3) is 11.5 Å². The number of aromatic nitrogens is 2. The summed E-state index contributed by atoms with van der Waals surface area (Å²) in [6, 6.07) is 15.0. The number of hydrogen-bond acceptors (Lipinski definition) is 5. The summed E-state index contributed by atoms with van der Waals surface area (Å²) in [4.78, 5) is 25.1. The molecule has 27 heavy (non-hydrogen) atoms. The van der Waals surface area contributed by atoms with Crippen molar-refractivity contribution in [3.63, 3.8) is 0 Å². The second-order valence-electron chi connectivity index (χ2n) is 6.33. The number of carbonyl (C=O) groups is 1. The van der Waals surface area contributed by atoms with Crippen molar-refractivity contribution in [2.24, 2.45) is 7.05 Å². The number of benzene rings is 2. The highest BCUT2D eigenvalue weighted by Crippen LogP contribution is 2.44. The van der Waals surface area contributed by atoms with Crippen LogP contribution in [0.2, 0.25) is 0 Å². The van der Waals surface area contributed by atoms with E-state index in [1.54, 1.807) is 31.3 Å². The van der Waals surface area contributed by atoms with Gasteiger partial charge in [-0.3, -0.25) is 9.59 Å². The average molecular weight is 398 g/mol. The number of nitrogens with zero attached hydrogens (tertiary/aromatic N) is 2. The summed E-state index contributed by atoms with van der Waals surface area (Å²) in [5.41, 5.74) is 1.99. The number of fused-ring (bicyclic) bond motifs is 1. The van der Waals surface area contributed by atoms with Crippen molar-refractivity contribution in [2.75, 3.05) is 16.8 Å². The summed E-state index contributed by atoms with van der Waals surface area (Å²) in [6.07, 6.45) is 1.24. The predicted octanol–water partition coefficient (Wildman–Crippen LogP) is 4.05. The van der Waals surface area contributed by atoms with Crippen molar-refractivity contribution in [3.8, 4) is 0 Å². The Morgan fingerprint density at radius 2 is 1.85 bits per heavy atom. The van der Waals surface area contributed by atoms with E-state index in [9.17, 15) is 9.59 Å². The van der Waals surface area contributed by atoms with Crippen molar-refractivity contribution in [2.45, 2.75) is 11.0 Å². The summed E-state index contributed by atoms with van der Waals surface area (Å²) >= 11 is 3.89. The zero-order chi connectivity index (χ0) is 18.8. The van der Waals surface area contributed by atoms with Crippen LogP contribution in [0.3, 0.4) is 0 Å². The fraction of sp³-hybridized carbons (Fsp3) is 0.250. The Hall–Kier alpha value is -2.25. The van der Waals surface area contributed by atoms with Gasteiger partial charge >= 0.3 is 0 Å². The van der Waals surface area contributed by atoms with Gasteiger partial charge in [0.2, 0.25) is 0 Å². The van der Waals surface area contributed by atoms with Gasteiger partial charge in [-0.2, -0.15) is 5.10 Å². The molecule has 2 heterocycles. The zero-order valence-electron chi connectivity index (χ0n) is 14.8. The number of anilines is 1. The third-order valence-electron chi connectivity index (χ3n) is 4.42. The molecule has 1 aliphatic heterocycles. The van der Waals surface area contributed by atoms with E-state index < -0.39 is 0 Å². The van der Waals surface area contributed by atoms with Crippen LogP contribution in [0.15, 0.2) is 53.3 Å². The first-order valence-electron chi connectivity index (χ1n) is 8.74. The Morgan fingerprint density at radius 3 is 2.63 bits per heavy atom. The Balaban J connectivity index is 1.64. The monoisotopic (exact) mass is 397 g/mol. The molecule has 1 saturated heterocycles. The van der Waals surface area contributed by atoms with E-state index in [2.05, 4.69) is 16.5 Å². The first-order valence-corrected chi connectivity index (χ1v) is 10.8. The van der Waals surface area contributed by atoms with Crippen LogP contribution in [-0.4, -0.2) is 27.2 Å². The van der Waals surface area contributed by atoms with E-state index in [4.69, 9.17) is 0 Å². The SMILES string of the molecule is Cn1nc(C(=O)Nc2cccc(C3SCCCS3)c2)c2ccccc2c1=O. The molecule has 0 saturated carbocycles. The number of carbonyl (C=O) groups excluding carboxylic acids is 1. The number of aryl methyl sites for hydroxylation is 1. The Labute approximate surface area is 165 Å². The minimum Gasteiger partial charge on any atom is -0.321 e. The summed E-state index contributed by atoms with van der Waals surface area (Å²) in [5.74, 6) is 2.02. The molecule has 1 fully saturated rings. The van der Waals surface area contributed by atoms with Gasteiger partial charge in [0, 0.05) is 18.1 Å². The molecule has 4 rings (SSSR count). The van der Waals surface area contributed by atoms with Crippen LogP contribution in [0, 0.1) is 0 Å². The van der Waals surface area contributed by atoms with Crippen LogP contribution in [0.5, 0.6) is 0 Å². The molecule has 0 spiro atoms. The molecule has 1 aliphatic rings. The van der Waals surface area contributed by atoms with Crippen LogP contribution in [0.4, 0.5) is 5.69 Å². The van der Waals surface area contributed by atoms with Gasteiger partial charge in [0.05, 0.1) is 9.97 Å². The Bertz CT molecular complexity index is 1060. The third kappa shape index (κ3) is 3.75. The first-order chi connectivity index (χ1) is 13.1. The Kier molecular flexibility index (Phi) is 5.22. The first kappa shape index (κ1) is 18.1. The van der Waals surface area contributed by atoms with Gasteiger partial charge in [-0.05, 0) is 41.7 Å². The van der Waals surface area contributed by atoms with Gasteiger partial charge in [-0.25, -0.2) is 4.68 Å².